The van der Waals surface area contributed by atoms with Crippen molar-refractivity contribution < 1.29 is 0 Å². The van der Waals surface area contributed by atoms with Crippen molar-refractivity contribution in [3.8, 4) is 27.9 Å². The van der Waals surface area contributed by atoms with E-state index in [1.807, 2.05) is 28.9 Å². The highest BCUT2D eigenvalue weighted by atomic mass is 16.1. The standard InChI is InChI=1S/C37H24BN3O/c42-37-35-29(26-15-6-2-7-16-26)19-12-22-32(35)40-34-24-27(25-13-4-1-5-14-25)23-33-36(34)38(41(37)40)30-20-10-11-21-31(30)39(33)28-17-8-3-9-18-28/h1-24H. The van der Waals surface area contributed by atoms with E-state index in [0.29, 0.717) is 0 Å². The first kappa shape index (κ1) is 23.2. The highest BCUT2D eigenvalue weighted by Crippen LogP contribution is 2.42. The van der Waals surface area contributed by atoms with Gasteiger partial charge in [0, 0.05) is 22.5 Å². The summed E-state index contributed by atoms with van der Waals surface area (Å²) in [6.45, 7) is -0.237. The minimum atomic E-state index is -0.237. The molecule has 7 aromatic rings. The second-order valence-electron chi connectivity index (χ2n) is 11.0. The molecular weight excluding hydrogens is 513 g/mol. The lowest BCUT2D eigenvalue weighted by molar-refractivity contribution is 0.830. The van der Waals surface area contributed by atoms with Gasteiger partial charge in [-0.25, -0.2) is 0 Å². The zero-order valence-corrected chi connectivity index (χ0v) is 22.7. The van der Waals surface area contributed by atoms with Crippen molar-refractivity contribution >= 4 is 45.7 Å². The maximum absolute atomic E-state index is 14.6. The van der Waals surface area contributed by atoms with Crippen molar-refractivity contribution in [2.75, 3.05) is 4.90 Å². The molecule has 0 fully saturated rings. The molecule has 42 heavy (non-hydrogen) atoms. The van der Waals surface area contributed by atoms with Crippen molar-refractivity contribution in [2.45, 2.75) is 0 Å². The molecule has 0 bridgehead atoms. The Morgan fingerprint density at radius 3 is 1.93 bits per heavy atom. The Kier molecular flexibility index (Phi) is 4.82. The summed E-state index contributed by atoms with van der Waals surface area (Å²) in [4.78, 5) is 17.0. The fourth-order valence-electron chi connectivity index (χ4n) is 6.98. The van der Waals surface area contributed by atoms with Crippen LogP contribution < -0.4 is 21.4 Å². The van der Waals surface area contributed by atoms with Crippen LogP contribution >= 0.6 is 0 Å². The van der Waals surface area contributed by atoms with Crippen molar-refractivity contribution in [1.82, 2.24) is 9.27 Å². The van der Waals surface area contributed by atoms with Crippen LogP contribution in [-0.4, -0.2) is 16.1 Å². The molecule has 2 aliphatic heterocycles. The van der Waals surface area contributed by atoms with Crippen LogP contribution in [0.3, 0.4) is 0 Å². The molecule has 0 saturated heterocycles. The highest BCUT2D eigenvalue weighted by molar-refractivity contribution is 6.88. The molecular formula is C37H24BN3O. The average Bonchev–Trinajstić information content (AvgIpc) is 3.56. The first-order valence-electron chi connectivity index (χ1n) is 14.3. The quantitative estimate of drug-likeness (QED) is 0.230. The number of anilines is 3. The number of aromatic nitrogens is 2. The van der Waals surface area contributed by atoms with Gasteiger partial charge in [0.15, 0.2) is 0 Å². The molecule has 0 saturated carbocycles. The van der Waals surface area contributed by atoms with Crippen LogP contribution in [-0.2, 0) is 0 Å². The molecule has 0 N–H and O–H groups in total. The van der Waals surface area contributed by atoms with Crippen molar-refractivity contribution in [3.05, 3.63) is 156 Å². The number of para-hydroxylation sites is 2. The molecule has 9 rings (SSSR count). The van der Waals surface area contributed by atoms with Crippen LogP contribution in [0, 0.1) is 0 Å². The zero-order valence-electron chi connectivity index (χ0n) is 22.7. The number of hydrogen-bond acceptors (Lipinski definition) is 2. The van der Waals surface area contributed by atoms with Crippen LogP contribution in [0.4, 0.5) is 17.1 Å². The third-order valence-corrected chi connectivity index (χ3v) is 8.71. The Balaban J connectivity index is 1.43. The molecule has 0 aliphatic carbocycles. The van der Waals surface area contributed by atoms with Gasteiger partial charge in [0.25, 0.3) is 5.56 Å². The van der Waals surface area contributed by atoms with E-state index in [1.54, 1.807) is 0 Å². The molecule has 0 radical (unpaired) electrons. The third-order valence-electron chi connectivity index (χ3n) is 8.71. The minimum Gasteiger partial charge on any atom is -0.311 e. The van der Waals surface area contributed by atoms with Gasteiger partial charge in [-0.2, -0.15) is 0 Å². The van der Waals surface area contributed by atoms with Gasteiger partial charge in [-0.1, -0.05) is 109 Å². The normalized spacial score (nSPS) is 12.8. The molecule has 0 atom stereocenters. The molecule has 5 heteroatoms. The van der Waals surface area contributed by atoms with Gasteiger partial charge in [0.05, 0.1) is 16.6 Å². The Morgan fingerprint density at radius 1 is 0.524 bits per heavy atom. The maximum Gasteiger partial charge on any atom is 0.357 e. The summed E-state index contributed by atoms with van der Waals surface area (Å²) in [6.07, 6.45) is 0. The van der Waals surface area contributed by atoms with E-state index in [4.69, 9.17) is 0 Å². The second-order valence-corrected chi connectivity index (χ2v) is 11.0. The first-order valence-corrected chi connectivity index (χ1v) is 14.3. The summed E-state index contributed by atoms with van der Waals surface area (Å²) < 4.78 is 4.16. The highest BCUT2D eigenvalue weighted by Gasteiger charge is 2.45. The lowest BCUT2D eigenvalue weighted by Gasteiger charge is -2.35. The van der Waals surface area contributed by atoms with Crippen molar-refractivity contribution in [2.24, 2.45) is 0 Å². The van der Waals surface area contributed by atoms with Gasteiger partial charge in [0.2, 0.25) is 0 Å². The Labute approximate surface area is 243 Å². The van der Waals surface area contributed by atoms with E-state index in [9.17, 15) is 4.79 Å². The fourth-order valence-corrected chi connectivity index (χ4v) is 6.98. The predicted octanol–water partition coefficient (Wildman–Crippen LogP) is 6.88. The minimum absolute atomic E-state index is 0.0285. The van der Waals surface area contributed by atoms with Gasteiger partial charge in [-0.15, -0.1) is 0 Å². The van der Waals surface area contributed by atoms with Crippen LogP contribution in [0.5, 0.6) is 0 Å². The van der Waals surface area contributed by atoms with E-state index in [2.05, 4.69) is 131 Å². The van der Waals surface area contributed by atoms with E-state index < -0.39 is 0 Å². The number of hydrogen-bond donors (Lipinski definition) is 0. The lowest BCUT2D eigenvalue weighted by atomic mass is 9.48. The summed E-state index contributed by atoms with van der Waals surface area (Å²) in [7, 11) is 0. The molecule has 0 amide bonds. The first-order chi connectivity index (χ1) is 20.8. The number of nitrogens with zero attached hydrogens (tertiary/aromatic N) is 3. The number of fused-ring (bicyclic) bond motifs is 7. The Hall–Kier alpha value is -5.55. The van der Waals surface area contributed by atoms with E-state index >= 15 is 0 Å². The molecule has 4 nitrogen and oxygen atoms in total. The summed E-state index contributed by atoms with van der Waals surface area (Å²) in [5, 5.41) is 0.754. The van der Waals surface area contributed by atoms with Crippen LogP contribution in [0.25, 0.3) is 38.8 Å². The van der Waals surface area contributed by atoms with Crippen LogP contribution in [0.1, 0.15) is 0 Å². The van der Waals surface area contributed by atoms with Gasteiger partial charge < -0.3 is 4.90 Å². The number of benzene rings is 6. The van der Waals surface area contributed by atoms with Gasteiger partial charge in [-0.05, 0) is 64.1 Å². The lowest BCUT2D eigenvalue weighted by Crippen LogP contribution is -2.55. The predicted molar refractivity (Wildman–Crippen MR) is 174 cm³/mol. The van der Waals surface area contributed by atoms with E-state index in [1.165, 1.54) is 0 Å². The van der Waals surface area contributed by atoms with Crippen LogP contribution in [0.15, 0.2) is 150 Å². The van der Waals surface area contributed by atoms with E-state index in [-0.39, 0.29) is 12.4 Å². The molecule has 196 valence electrons. The van der Waals surface area contributed by atoms with Gasteiger partial charge in [-0.3, -0.25) is 14.1 Å². The SMILES string of the molecule is O=c1c2c(-c3ccccc3)cccc2n2n1B1c3ccccc3N(c3ccccc3)c3cc(-c4ccccc4)cc-2c31. The zero-order chi connectivity index (χ0) is 27.8. The Morgan fingerprint density at radius 2 is 1.17 bits per heavy atom. The fraction of sp³-hybridized carbons (Fsp3) is 0. The molecule has 0 unspecified atom stereocenters. The average molecular weight is 537 g/mol. The number of rotatable bonds is 3. The van der Waals surface area contributed by atoms with Gasteiger partial charge in [0.1, 0.15) is 0 Å². The second kappa shape index (κ2) is 8.73. The summed E-state index contributed by atoms with van der Waals surface area (Å²) in [6, 6.07) is 50.5. The molecule has 0 spiro atoms. The van der Waals surface area contributed by atoms with Crippen molar-refractivity contribution in [3.63, 3.8) is 0 Å². The summed E-state index contributed by atoms with van der Waals surface area (Å²) >= 11 is 0. The third kappa shape index (κ3) is 3.10. The topological polar surface area (TPSA) is 30.2 Å². The Bertz CT molecular complexity index is 2220. The molecule has 6 aromatic carbocycles. The molecule has 1 aromatic heterocycles. The summed E-state index contributed by atoms with van der Waals surface area (Å²) in [5.41, 5.74) is 11.8. The molecule has 2 aliphatic rings. The summed E-state index contributed by atoms with van der Waals surface area (Å²) in [5.74, 6) is 0. The molecule has 3 heterocycles. The maximum atomic E-state index is 14.6. The largest absolute Gasteiger partial charge is 0.357 e. The van der Waals surface area contributed by atoms with Crippen molar-refractivity contribution in [1.29, 1.82) is 0 Å². The smallest absolute Gasteiger partial charge is 0.311 e. The van der Waals surface area contributed by atoms with Gasteiger partial charge >= 0.3 is 6.85 Å². The van der Waals surface area contributed by atoms with Crippen LogP contribution in [0.2, 0.25) is 0 Å². The monoisotopic (exact) mass is 537 g/mol. The van der Waals surface area contributed by atoms with E-state index in [0.717, 1.165) is 66.8 Å².